The molecular formula is C21H20BrNO4S2. The third-order valence-corrected chi connectivity index (χ3v) is 5.99. The maximum atomic E-state index is 12.5. The van der Waals surface area contributed by atoms with Gasteiger partial charge < -0.3 is 14.2 Å². The number of carbonyl (C=O) groups excluding carboxylic acids is 1. The van der Waals surface area contributed by atoms with Crippen LogP contribution < -0.4 is 14.2 Å². The van der Waals surface area contributed by atoms with E-state index in [0.717, 1.165) is 21.5 Å². The van der Waals surface area contributed by atoms with Gasteiger partial charge in [0.05, 0.1) is 12.0 Å². The molecule has 0 bridgehead atoms. The van der Waals surface area contributed by atoms with Gasteiger partial charge in [-0.15, -0.1) is 0 Å². The molecule has 0 aromatic heterocycles. The van der Waals surface area contributed by atoms with Crippen LogP contribution in [0.5, 0.6) is 17.2 Å². The minimum atomic E-state index is -0.0729. The summed E-state index contributed by atoms with van der Waals surface area (Å²) in [5, 5.41) is 0. The standard InChI is InChI=1S/C21H20BrNO4S2/c1-3-23-20(24)19(29-21(23)28)13-14-12-15(22)4-9-18(14)27-11-10-26-17-7-5-16(25-2)6-8-17/h4-9,12-13H,3,10-11H2,1-2H3/b19-13-. The van der Waals surface area contributed by atoms with Crippen molar-refractivity contribution in [1.29, 1.82) is 0 Å². The second-order valence-electron chi connectivity index (χ2n) is 5.98. The fourth-order valence-electron chi connectivity index (χ4n) is 2.66. The van der Waals surface area contributed by atoms with Crippen LogP contribution in [0, 0.1) is 0 Å². The van der Waals surface area contributed by atoms with E-state index < -0.39 is 0 Å². The molecule has 0 radical (unpaired) electrons. The number of hydrogen-bond acceptors (Lipinski definition) is 6. The van der Waals surface area contributed by atoms with Crippen molar-refractivity contribution in [3.8, 4) is 17.2 Å². The first-order valence-corrected chi connectivity index (χ1v) is 11.0. The number of carbonyl (C=O) groups is 1. The summed E-state index contributed by atoms with van der Waals surface area (Å²) in [4.78, 5) is 14.7. The Morgan fingerprint density at radius 3 is 2.45 bits per heavy atom. The van der Waals surface area contributed by atoms with Crippen LogP contribution in [-0.2, 0) is 4.79 Å². The second kappa shape index (κ2) is 10.1. The highest BCUT2D eigenvalue weighted by atomic mass is 79.9. The number of methoxy groups -OCH3 is 1. The van der Waals surface area contributed by atoms with Crippen molar-refractivity contribution in [2.45, 2.75) is 6.92 Å². The van der Waals surface area contributed by atoms with Crippen molar-refractivity contribution in [2.75, 3.05) is 26.9 Å². The summed E-state index contributed by atoms with van der Waals surface area (Å²) < 4.78 is 18.2. The number of thiocarbonyl (C=S) groups is 1. The van der Waals surface area contributed by atoms with Gasteiger partial charge in [0, 0.05) is 16.6 Å². The minimum absolute atomic E-state index is 0.0729. The largest absolute Gasteiger partial charge is 0.497 e. The summed E-state index contributed by atoms with van der Waals surface area (Å²) in [5.74, 6) is 2.12. The van der Waals surface area contributed by atoms with E-state index in [-0.39, 0.29) is 5.91 Å². The van der Waals surface area contributed by atoms with E-state index in [0.29, 0.717) is 34.7 Å². The lowest BCUT2D eigenvalue weighted by molar-refractivity contribution is -0.121. The molecule has 0 aliphatic carbocycles. The van der Waals surface area contributed by atoms with Crippen LogP contribution >= 0.6 is 39.9 Å². The predicted molar refractivity (Wildman–Crippen MR) is 124 cm³/mol. The van der Waals surface area contributed by atoms with Gasteiger partial charge in [0.2, 0.25) is 0 Å². The summed E-state index contributed by atoms with van der Waals surface area (Å²) in [5.41, 5.74) is 0.806. The zero-order chi connectivity index (χ0) is 20.8. The second-order valence-corrected chi connectivity index (χ2v) is 8.57. The Balaban J connectivity index is 1.65. The Hall–Kier alpha value is -2.03. The van der Waals surface area contributed by atoms with Crippen molar-refractivity contribution >= 4 is 56.2 Å². The molecule has 2 aromatic carbocycles. The molecule has 29 heavy (non-hydrogen) atoms. The SMILES string of the molecule is CCN1C(=O)/C(=C/c2cc(Br)ccc2OCCOc2ccc(OC)cc2)SC1=S. The van der Waals surface area contributed by atoms with Crippen molar-refractivity contribution in [1.82, 2.24) is 4.90 Å². The summed E-state index contributed by atoms with van der Waals surface area (Å²) in [7, 11) is 1.62. The number of hydrogen-bond donors (Lipinski definition) is 0. The van der Waals surface area contributed by atoms with Crippen LogP contribution in [0.1, 0.15) is 12.5 Å². The molecule has 2 aromatic rings. The average Bonchev–Trinajstić information content (AvgIpc) is 2.99. The van der Waals surface area contributed by atoms with Gasteiger partial charge in [0.15, 0.2) is 0 Å². The number of likely N-dealkylation sites (N-methyl/N-ethyl adjacent to an activating group) is 1. The molecule has 0 saturated carbocycles. The highest BCUT2D eigenvalue weighted by Crippen LogP contribution is 2.35. The third kappa shape index (κ3) is 5.52. The van der Waals surface area contributed by atoms with E-state index in [9.17, 15) is 4.79 Å². The van der Waals surface area contributed by atoms with Crippen LogP contribution in [0.2, 0.25) is 0 Å². The maximum absolute atomic E-state index is 12.5. The molecule has 1 aliphatic rings. The Kier molecular flexibility index (Phi) is 7.57. The first-order valence-electron chi connectivity index (χ1n) is 8.96. The van der Waals surface area contributed by atoms with Crippen molar-refractivity contribution < 1.29 is 19.0 Å². The van der Waals surface area contributed by atoms with Crippen molar-refractivity contribution in [3.05, 3.63) is 57.4 Å². The lowest BCUT2D eigenvalue weighted by atomic mass is 10.2. The van der Waals surface area contributed by atoms with Gasteiger partial charge in [0.1, 0.15) is 34.8 Å². The zero-order valence-corrected chi connectivity index (χ0v) is 19.2. The number of thioether (sulfide) groups is 1. The number of rotatable bonds is 8. The first-order chi connectivity index (χ1) is 14.0. The molecule has 1 saturated heterocycles. The molecule has 0 atom stereocenters. The van der Waals surface area contributed by atoms with E-state index in [1.807, 2.05) is 55.5 Å². The Morgan fingerprint density at radius 1 is 1.10 bits per heavy atom. The van der Waals surface area contributed by atoms with Crippen LogP contribution in [0.3, 0.4) is 0 Å². The van der Waals surface area contributed by atoms with Crippen LogP contribution in [0.15, 0.2) is 51.8 Å². The maximum Gasteiger partial charge on any atom is 0.266 e. The quantitative estimate of drug-likeness (QED) is 0.288. The van der Waals surface area contributed by atoms with Crippen LogP contribution in [0.4, 0.5) is 0 Å². The predicted octanol–water partition coefficient (Wildman–Crippen LogP) is 5.14. The number of halogens is 1. The topological polar surface area (TPSA) is 48.0 Å². The number of nitrogens with zero attached hydrogens (tertiary/aromatic N) is 1. The van der Waals surface area contributed by atoms with Crippen molar-refractivity contribution in [3.63, 3.8) is 0 Å². The monoisotopic (exact) mass is 493 g/mol. The summed E-state index contributed by atoms with van der Waals surface area (Å²) >= 11 is 10.1. The van der Waals surface area contributed by atoms with Gasteiger partial charge in [-0.3, -0.25) is 9.69 Å². The Morgan fingerprint density at radius 2 is 1.79 bits per heavy atom. The molecular weight excluding hydrogens is 474 g/mol. The van der Waals surface area contributed by atoms with Gasteiger partial charge in [-0.1, -0.05) is 39.9 Å². The summed E-state index contributed by atoms with van der Waals surface area (Å²) in [6, 6.07) is 13.1. The van der Waals surface area contributed by atoms with Gasteiger partial charge >= 0.3 is 0 Å². The van der Waals surface area contributed by atoms with Gasteiger partial charge in [0.25, 0.3) is 5.91 Å². The molecule has 1 aliphatic heterocycles. The van der Waals surface area contributed by atoms with Crippen LogP contribution in [0.25, 0.3) is 6.08 Å². The molecule has 1 amide bonds. The molecule has 0 unspecified atom stereocenters. The molecule has 1 fully saturated rings. The van der Waals surface area contributed by atoms with E-state index in [1.54, 1.807) is 12.0 Å². The lowest BCUT2D eigenvalue weighted by Crippen LogP contribution is -2.27. The molecule has 152 valence electrons. The van der Waals surface area contributed by atoms with E-state index >= 15 is 0 Å². The fourth-order valence-corrected chi connectivity index (χ4v) is 4.41. The number of benzene rings is 2. The highest BCUT2D eigenvalue weighted by Gasteiger charge is 2.30. The fraction of sp³-hybridized carbons (Fsp3) is 0.238. The average molecular weight is 494 g/mol. The lowest BCUT2D eigenvalue weighted by Gasteiger charge is -2.12. The Bertz CT molecular complexity index is 931. The normalized spacial score (nSPS) is 15.1. The molecule has 0 spiro atoms. The summed E-state index contributed by atoms with van der Waals surface area (Å²) in [6.45, 7) is 3.22. The highest BCUT2D eigenvalue weighted by molar-refractivity contribution is 9.10. The smallest absolute Gasteiger partial charge is 0.266 e. The Labute approximate surface area is 188 Å². The van der Waals surface area contributed by atoms with Gasteiger partial charge in [-0.2, -0.15) is 0 Å². The molecule has 0 N–H and O–H groups in total. The minimum Gasteiger partial charge on any atom is -0.497 e. The molecule has 1 heterocycles. The van der Waals surface area contributed by atoms with E-state index in [4.69, 9.17) is 26.4 Å². The number of amides is 1. The molecule has 8 heteroatoms. The molecule has 5 nitrogen and oxygen atoms in total. The van der Waals surface area contributed by atoms with E-state index in [2.05, 4.69) is 15.9 Å². The number of ether oxygens (including phenoxy) is 3. The summed E-state index contributed by atoms with van der Waals surface area (Å²) in [6.07, 6.45) is 1.82. The van der Waals surface area contributed by atoms with Crippen molar-refractivity contribution in [2.24, 2.45) is 0 Å². The molecule has 3 rings (SSSR count). The zero-order valence-electron chi connectivity index (χ0n) is 16.0. The van der Waals surface area contributed by atoms with Gasteiger partial charge in [-0.05, 0) is 55.5 Å². The van der Waals surface area contributed by atoms with E-state index in [1.165, 1.54) is 11.8 Å². The van der Waals surface area contributed by atoms with Crippen LogP contribution in [-0.4, -0.2) is 42.0 Å². The first kappa shape index (κ1) is 21.7. The third-order valence-electron chi connectivity index (χ3n) is 4.12. The van der Waals surface area contributed by atoms with Gasteiger partial charge in [-0.25, -0.2) is 0 Å².